The minimum absolute atomic E-state index is 0.131. The molecule has 2 aliphatic heterocycles. The first-order valence-corrected chi connectivity index (χ1v) is 12.6. The van der Waals surface area contributed by atoms with Gasteiger partial charge in [0, 0.05) is 24.8 Å². The quantitative estimate of drug-likeness (QED) is 0.397. The Labute approximate surface area is 214 Å². The minimum Gasteiger partial charge on any atom is -0.466 e. The van der Waals surface area contributed by atoms with Crippen LogP contribution in [0.1, 0.15) is 23.7 Å². The molecule has 2 spiro atoms. The molecule has 1 amide bonds. The molecule has 0 N–H and O–H groups in total. The van der Waals surface area contributed by atoms with E-state index in [0.717, 1.165) is 39.1 Å². The molecule has 0 unspecified atom stereocenters. The number of hydrogen-bond acceptors (Lipinski definition) is 6. The molecule has 3 aromatic carbocycles. The van der Waals surface area contributed by atoms with Gasteiger partial charge in [-0.2, -0.15) is 0 Å². The number of benzene rings is 3. The fraction of sp³-hybridized carbons (Fsp3) is 0.267. The SMILES string of the molecule is CCOC(=O)[C@H]1CN(C)[C@@]2(c3ccccc3-c3nc4ccccc4nc32)[C@]12C(=O)N(C)c1ccccc12. The van der Waals surface area contributed by atoms with Crippen LogP contribution in [0.5, 0.6) is 0 Å². The van der Waals surface area contributed by atoms with Crippen molar-refractivity contribution in [3.63, 3.8) is 0 Å². The number of likely N-dealkylation sites (tertiary alicyclic amines) is 1. The van der Waals surface area contributed by atoms with Crippen molar-refractivity contribution in [2.24, 2.45) is 5.92 Å². The van der Waals surface area contributed by atoms with E-state index in [1.54, 1.807) is 18.9 Å². The summed E-state index contributed by atoms with van der Waals surface area (Å²) in [4.78, 5) is 42.6. The summed E-state index contributed by atoms with van der Waals surface area (Å²) in [6, 6.07) is 23.7. The van der Waals surface area contributed by atoms with E-state index in [2.05, 4.69) is 11.0 Å². The summed E-state index contributed by atoms with van der Waals surface area (Å²) >= 11 is 0. The Hall–Kier alpha value is -4.10. The van der Waals surface area contributed by atoms with Crippen molar-refractivity contribution in [1.29, 1.82) is 0 Å². The fourth-order valence-electron chi connectivity index (χ4n) is 7.23. The molecular formula is C30H26N4O3. The highest BCUT2D eigenvalue weighted by molar-refractivity contribution is 6.13. The van der Waals surface area contributed by atoms with E-state index in [-0.39, 0.29) is 18.5 Å². The molecule has 0 saturated carbocycles. The molecule has 4 aromatic rings. The van der Waals surface area contributed by atoms with E-state index in [1.165, 1.54) is 0 Å². The smallest absolute Gasteiger partial charge is 0.311 e. The van der Waals surface area contributed by atoms with Gasteiger partial charge in [-0.15, -0.1) is 0 Å². The highest BCUT2D eigenvalue weighted by Crippen LogP contribution is 2.68. The zero-order valence-electron chi connectivity index (χ0n) is 20.9. The minimum atomic E-state index is -1.28. The van der Waals surface area contributed by atoms with Crippen molar-refractivity contribution in [1.82, 2.24) is 14.9 Å². The molecule has 1 fully saturated rings. The van der Waals surface area contributed by atoms with Crippen LogP contribution in [0.2, 0.25) is 0 Å². The van der Waals surface area contributed by atoms with Gasteiger partial charge in [-0.3, -0.25) is 14.5 Å². The second-order valence-corrected chi connectivity index (χ2v) is 10.0. The van der Waals surface area contributed by atoms with Gasteiger partial charge in [-0.25, -0.2) is 9.97 Å². The van der Waals surface area contributed by atoms with Gasteiger partial charge in [-0.05, 0) is 43.3 Å². The number of likely N-dealkylation sites (N-methyl/N-ethyl adjacent to an activating group) is 2. The number of aromatic nitrogens is 2. The molecule has 1 aromatic heterocycles. The highest BCUT2D eigenvalue weighted by atomic mass is 16.5. The van der Waals surface area contributed by atoms with E-state index in [0.29, 0.717) is 12.2 Å². The summed E-state index contributed by atoms with van der Waals surface area (Å²) in [5, 5.41) is 0. The molecule has 7 heteroatoms. The number of anilines is 1. The van der Waals surface area contributed by atoms with Crippen LogP contribution in [0.3, 0.4) is 0 Å². The number of amides is 1. The van der Waals surface area contributed by atoms with Gasteiger partial charge in [0.1, 0.15) is 11.0 Å². The van der Waals surface area contributed by atoms with Crippen molar-refractivity contribution >= 4 is 28.6 Å². The maximum atomic E-state index is 14.7. The average molecular weight is 491 g/mol. The zero-order chi connectivity index (χ0) is 25.5. The Morgan fingerprint density at radius 3 is 2.35 bits per heavy atom. The van der Waals surface area contributed by atoms with Crippen LogP contribution in [0.15, 0.2) is 72.8 Å². The summed E-state index contributed by atoms with van der Waals surface area (Å²) in [5.41, 5.74) is 4.18. The predicted octanol–water partition coefficient (Wildman–Crippen LogP) is 3.89. The van der Waals surface area contributed by atoms with E-state index < -0.39 is 16.9 Å². The van der Waals surface area contributed by atoms with Gasteiger partial charge >= 0.3 is 5.97 Å². The molecule has 184 valence electrons. The maximum Gasteiger partial charge on any atom is 0.311 e. The van der Waals surface area contributed by atoms with Gasteiger partial charge in [0.2, 0.25) is 5.91 Å². The van der Waals surface area contributed by atoms with Gasteiger partial charge in [0.05, 0.1) is 34.9 Å². The van der Waals surface area contributed by atoms with Gasteiger partial charge in [-0.1, -0.05) is 54.6 Å². The van der Waals surface area contributed by atoms with Crippen LogP contribution in [0, 0.1) is 5.92 Å². The summed E-state index contributed by atoms with van der Waals surface area (Å²) in [6.45, 7) is 2.38. The third kappa shape index (κ3) is 2.40. The number of esters is 1. The Bertz CT molecular complexity index is 1630. The van der Waals surface area contributed by atoms with Gasteiger partial charge < -0.3 is 9.64 Å². The number of carbonyl (C=O) groups is 2. The lowest BCUT2D eigenvalue weighted by molar-refractivity contribution is -0.152. The van der Waals surface area contributed by atoms with Crippen LogP contribution in [0.4, 0.5) is 5.69 Å². The van der Waals surface area contributed by atoms with Crippen molar-refractivity contribution in [2.45, 2.75) is 17.9 Å². The normalized spacial score (nSPS) is 25.6. The third-order valence-corrected chi connectivity index (χ3v) is 8.51. The molecule has 3 atom stereocenters. The second kappa shape index (κ2) is 7.46. The number of fused-ring (bicyclic) bond motifs is 9. The van der Waals surface area contributed by atoms with Crippen LogP contribution in [0.25, 0.3) is 22.3 Å². The number of carbonyl (C=O) groups excluding carboxylic acids is 2. The summed E-state index contributed by atoms with van der Waals surface area (Å²) in [7, 11) is 3.77. The maximum absolute atomic E-state index is 14.7. The van der Waals surface area contributed by atoms with E-state index in [4.69, 9.17) is 14.7 Å². The molecule has 7 rings (SSSR count). The standard InChI is InChI=1S/C30H26N4O3/c1-4-37-27(35)21-17-33(2)30(29(21)20-13-7-10-16-24(20)34(3)28(29)36)19-12-6-5-11-18(19)25-26(30)32-23-15-9-8-14-22(23)31-25/h5-16,21H,4,17H2,1-3H3/t21-,29+,30-/m1/s1. The average Bonchev–Trinajstić information content (AvgIpc) is 3.46. The first-order valence-electron chi connectivity index (χ1n) is 12.6. The predicted molar refractivity (Wildman–Crippen MR) is 140 cm³/mol. The lowest BCUT2D eigenvalue weighted by Gasteiger charge is -2.45. The lowest BCUT2D eigenvalue weighted by Crippen LogP contribution is -2.59. The Morgan fingerprint density at radius 2 is 1.59 bits per heavy atom. The second-order valence-electron chi connectivity index (χ2n) is 10.0. The van der Waals surface area contributed by atoms with Crippen molar-refractivity contribution in [3.8, 4) is 11.3 Å². The summed E-state index contributed by atoms with van der Waals surface area (Å²) < 4.78 is 5.64. The summed E-state index contributed by atoms with van der Waals surface area (Å²) in [5.74, 6) is -1.23. The first kappa shape index (κ1) is 22.1. The molecule has 7 nitrogen and oxygen atoms in total. The van der Waals surface area contributed by atoms with Gasteiger partial charge in [0.25, 0.3) is 0 Å². The first-order chi connectivity index (χ1) is 18.0. The van der Waals surface area contributed by atoms with Crippen LogP contribution < -0.4 is 4.90 Å². The topological polar surface area (TPSA) is 75.6 Å². The molecule has 1 saturated heterocycles. The third-order valence-electron chi connectivity index (χ3n) is 8.51. The zero-order valence-corrected chi connectivity index (χ0v) is 20.9. The molecule has 3 aliphatic rings. The monoisotopic (exact) mass is 490 g/mol. The van der Waals surface area contributed by atoms with Gasteiger partial charge in [0.15, 0.2) is 0 Å². The number of nitrogens with zero attached hydrogens (tertiary/aromatic N) is 4. The van der Waals surface area contributed by atoms with Crippen LogP contribution >= 0.6 is 0 Å². The Balaban J connectivity index is 1.67. The molecule has 0 bridgehead atoms. The van der Waals surface area contributed by atoms with E-state index in [9.17, 15) is 9.59 Å². The lowest BCUT2D eigenvalue weighted by atomic mass is 9.59. The van der Waals surface area contributed by atoms with Crippen molar-refractivity contribution < 1.29 is 14.3 Å². The largest absolute Gasteiger partial charge is 0.466 e. The van der Waals surface area contributed by atoms with Crippen molar-refractivity contribution in [3.05, 3.63) is 89.6 Å². The fourth-order valence-corrected chi connectivity index (χ4v) is 7.23. The van der Waals surface area contributed by atoms with Crippen LogP contribution in [-0.4, -0.2) is 54.0 Å². The Kier molecular flexibility index (Phi) is 4.46. The Morgan fingerprint density at radius 1 is 0.946 bits per heavy atom. The molecule has 3 heterocycles. The number of ether oxygens (including phenoxy) is 1. The number of para-hydroxylation sites is 3. The summed E-state index contributed by atoms with van der Waals surface area (Å²) in [6.07, 6.45) is 0. The van der Waals surface area contributed by atoms with E-state index >= 15 is 0 Å². The number of hydrogen-bond donors (Lipinski definition) is 0. The highest BCUT2D eigenvalue weighted by Gasteiger charge is 2.77. The molecule has 37 heavy (non-hydrogen) atoms. The number of rotatable bonds is 2. The molecule has 0 radical (unpaired) electrons. The van der Waals surface area contributed by atoms with Crippen molar-refractivity contribution in [2.75, 3.05) is 32.1 Å². The van der Waals surface area contributed by atoms with Crippen LogP contribution in [-0.2, 0) is 25.3 Å². The molecular weight excluding hydrogens is 464 g/mol. The molecule has 1 aliphatic carbocycles. The van der Waals surface area contributed by atoms with E-state index in [1.807, 2.05) is 73.8 Å².